The molecule has 1 aromatic carbocycles. The van der Waals surface area contributed by atoms with Gasteiger partial charge >= 0.3 is 0 Å². The van der Waals surface area contributed by atoms with Crippen LogP contribution in [0.3, 0.4) is 0 Å². The lowest BCUT2D eigenvalue weighted by Crippen LogP contribution is -2.64. The Bertz CT molecular complexity index is 1120. The minimum atomic E-state index is -0.992. The van der Waals surface area contributed by atoms with Gasteiger partial charge in [0.05, 0.1) is 12.1 Å². The maximum Gasteiger partial charge on any atom is 0.271 e. The number of amides is 2. The highest BCUT2D eigenvalue weighted by Crippen LogP contribution is 2.35. The second-order valence-electron chi connectivity index (χ2n) is 9.18. The van der Waals surface area contributed by atoms with Crippen molar-refractivity contribution >= 4 is 22.9 Å². The number of carbonyl (C=O) groups excluding carboxylic acids is 2. The summed E-state index contributed by atoms with van der Waals surface area (Å²) < 4.78 is 7.74. The van der Waals surface area contributed by atoms with Crippen LogP contribution >= 0.6 is 0 Å². The number of aromatic nitrogens is 1. The lowest BCUT2D eigenvalue weighted by Gasteiger charge is -2.44. The van der Waals surface area contributed by atoms with Crippen molar-refractivity contribution in [1.82, 2.24) is 14.8 Å². The van der Waals surface area contributed by atoms with Crippen LogP contribution in [0.4, 0.5) is 0 Å². The third-order valence-corrected chi connectivity index (χ3v) is 6.85. The molecule has 1 aliphatic heterocycles. The van der Waals surface area contributed by atoms with Crippen molar-refractivity contribution in [3.63, 3.8) is 0 Å². The van der Waals surface area contributed by atoms with Crippen LogP contribution in [-0.2, 0) is 17.9 Å². The first kappa shape index (κ1) is 19.9. The van der Waals surface area contributed by atoms with E-state index < -0.39 is 5.54 Å². The summed E-state index contributed by atoms with van der Waals surface area (Å²) in [5, 5.41) is 3.27. The molecule has 5 rings (SSSR count). The van der Waals surface area contributed by atoms with E-state index in [0.29, 0.717) is 24.4 Å². The fourth-order valence-corrected chi connectivity index (χ4v) is 5.06. The highest BCUT2D eigenvalue weighted by Gasteiger charge is 2.48. The van der Waals surface area contributed by atoms with Gasteiger partial charge in [0.15, 0.2) is 5.58 Å². The van der Waals surface area contributed by atoms with Gasteiger partial charge in [-0.2, -0.15) is 0 Å². The van der Waals surface area contributed by atoms with Crippen LogP contribution in [0.25, 0.3) is 11.1 Å². The van der Waals surface area contributed by atoms with Crippen molar-refractivity contribution in [3.8, 4) is 0 Å². The van der Waals surface area contributed by atoms with Crippen molar-refractivity contribution < 1.29 is 14.0 Å². The Labute approximate surface area is 182 Å². The molecule has 162 valence electrons. The number of hydrogen-bond acceptors (Lipinski definition) is 3. The molecule has 0 unspecified atom stereocenters. The summed E-state index contributed by atoms with van der Waals surface area (Å²) >= 11 is 0. The fourth-order valence-electron chi connectivity index (χ4n) is 5.06. The molecule has 1 atom stereocenters. The molecule has 0 saturated heterocycles. The highest BCUT2D eigenvalue weighted by atomic mass is 16.3. The number of hydrogen-bond donors (Lipinski definition) is 1. The minimum absolute atomic E-state index is 0.0728. The Morgan fingerprint density at radius 3 is 2.65 bits per heavy atom. The lowest BCUT2D eigenvalue weighted by molar-refractivity contribution is -0.134. The Balaban J connectivity index is 1.54. The van der Waals surface area contributed by atoms with E-state index in [-0.39, 0.29) is 17.9 Å². The number of carbonyl (C=O) groups is 2. The van der Waals surface area contributed by atoms with E-state index in [1.807, 2.05) is 54.8 Å². The predicted molar refractivity (Wildman–Crippen MR) is 119 cm³/mol. The maximum absolute atomic E-state index is 13.7. The second-order valence-corrected chi connectivity index (χ2v) is 9.18. The third-order valence-electron chi connectivity index (χ3n) is 6.85. The summed E-state index contributed by atoms with van der Waals surface area (Å²) in [4.78, 5) is 29.1. The van der Waals surface area contributed by atoms with Crippen LogP contribution in [0.5, 0.6) is 0 Å². The summed E-state index contributed by atoms with van der Waals surface area (Å²) in [5.41, 5.74) is 2.16. The number of rotatable bonds is 4. The molecule has 2 amide bonds. The zero-order valence-electron chi connectivity index (χ0n) is 18.2. The van der Waals surface area contributed by atoms with E-state index in [2.05, 4.69) is 5.32 Å². The number of aryl methyl sites for hydroxylation is 1. The summed E-state index contributed by atoms with van der Waals surface area (Å²) in [7, 11) is 0. The smallest absolute Gasteiger partial charge is 0.271 e. The van der Waals surface area contributed by atoms with E-state index >= 15 is 0 Å². The lowest BCUT2D eigenvalue weighted by atomic mass is 9.91. The molecule has 2 aromatic heterocycles. The zero-order valence-corrected chi connectivity index (χ0v) is 18.2. The normalized spacial score (nSPS) is 22.0. The molecule has 1 fully saturated rings. The molecule has 0 bridgehead atoms. The van der Waals surface area contributed by atoms with Crippen molar-refractivity contribution in [2.24, 2.45) is 0 Å². The summed E-state index contributed by atoms with van der Waals surface area (Å²) in [6.45, 7) is 4.59. The van der Waals surface area contributed by atoms with Gasteiger partial charge in [0.25, 0.3) is 5.91 Å². The van der Waals surface area contributed by atoms with Gasteiger partial charge < -0.3 is 19.2 Å². The van der Waals surface area contributed by atoms with E-state index in [4.69, 9.17) is 4.42 Å². The first-order valence-electron chi connectivity index (χ1n) is 11.2. The van der Waals surface area contributed by atoms with Gasteiger partial charge in [0.1, 0.15) is 17.0 Å². The molecule has 1 N–H and O–H groups in total. The molecular weight excluding hydrogens is 390 g/mol. The SMILES string of the molecule is Cc1cc2c(cc3n2C[C@](C)(C(=O)NC2CCCCC2)N(Cc2ccccc2)C3=O)o1. The quantitative estimate of drug-likeness (QED) is 0.681. The van der Waals surface area contributed by atoms with Gasteiger partial charge in [0.2, 0.25) is 5.91 Å². The van der Waals surface area contributed by atoms with Crippen LogP contribution < -0.4 is 5.32 Å². The molecule has 0 radical (unpaired) electrons. The van der Waals surface area contributed by atoms with Crippen LogP contribution in [0.15, 0.2) is 46.9 Å². The van der Waals surface area contributed by atoms with Crippen LogP contribution in [0, 0.1) is 6.92 Å². The average molecular weight is 420 g/mol. The van der Waals surface area contributed by atoms with Gasteiger partial charge in [-0.3, -0.25) is 9.59 Å². The summed E-state index contributed by atoms with van der Waals surface area (Å²) in [5.74, 6) is 0.588. The molecule has 6 heteroatoms. The van der Waals surface area contributed by atoms with Crippen LogP contribution in [-0.4, -0.2) is 32.9 Å². The summed E-state index contributed by atoms with van der Waals surface area (Å²) in [6, 6.07) is 13.8. The molecule has 3 heterocycles. The van der Waals surface area contributed by atoms with Gasteiger partial charge in [-0.05, 0) is 32.3 Å². The predicted octanol–water partition coefficient (Wildman–Crippen LogP) is 4.41. The molecule has 1 aliphatic carbocycles. The number of nitrogens with zero attached hydrogens (tertiary/aromatic N) is 2. The van der Waals surface area contributed by atoms with Gasteiger partial charge in [-0.15, -0.1) is 0 Å². The number of nitrogens with one attached hydrogen (secondary N) is 1. The van der Waals surface area contributed by atoms with Crippen LogP contribution in [0.2, 0.25) is 0 Å². The van der Waals surface area contributed by atoms with Gasteiger partial charge in [-0.1, -0.05) is 49.6 Å². The molecule has 31 heavy (non-hydrogen) atoms. The monoisotopic (exact) mass is 419 g/mol. The highest BCUT2D eigenvalue weighted by molar-refractivity contribution is 6.03. The van der Waals surface area contributed by atoms with Crippen LogP contribution in [0.1, 0.15) is 60.8 Å². The van der Waals surface area contributed by atoms with E-state index in [1.165, 1.54) is 6.42 Å². The molecule has 1 saturated carbocycles. The first-order valence-corrected chi connectivity index (χ1v) is 11.2. The standard InChI is InChI=1S/C25H29N3O3/c1-17-13-20-22(31-17)14-21-23(29)28(15-18-9-5-3-6-10-18)25(2,16-27(20)21)24(30)26-19-11-7-4-8-12-19/h3,5-6,9-10,13-14,19H,4,7-8,11-12,15-16H2,1-2H3,(H,26,30)/t25-/m1/s1. The second kappa shape index (κ2) is 7.59. The molecular formula is C25H29N3O3. The van der Waals surface area contributed by atoms with E-state index in [0.717, 1.165) is 42.5 Å². The molecule has 6 nitrogen and oxygen atoms in total. The van der Waals surface area contributed by atoms with Gasteiger partial charge in [-0.25, -0.2) is 0 Å². The van der Waals surface area contributed by atoms with Gasteiger partial charge in [0, 0.05) is 24.7 Å². The van der Waals surface area contributed by atoms with Crippen molar-refractivity contribution in [1.29, 1.82) is 0 Å². The zero-order chi connectivity index (χ0) is 21.6. The number of furan rings is 1. The van der Waals surface area contributed by atoms with E-state index in [9.17, 15) is 9.59 Å². The number of fused-ring (bicyclic) bond motifs is 3. The summed E-state index contributed by atoms with van der Waals surface area (Å²) in [6.07, 6.45) is 5.53. The van der Waals surface area contributed by atoms with E-state index in [1.54, 1.807) is 11.0 Å². The Morgan fingerprint density at radius 2 is 1.90 bits per heavy atom. The molecule has 2 aliphatic rings. The molecule has 3 aromatic rings. The Kier molecular flexibility index (Phi) is 4.88. The van der Waals surface area contributed by atoms with Crippen molar-refractivity contribution in [2.75, 3.05) is 0 Å². The Hall–Kier alpha value is -3.02. The average Bonchev–Trinajstić information content (AvgIpc) is 3.29. The Morgan fingerprint density at radius 1 is 1.16 bits per heavy atom. The van der Waals surface area contributed by atoms with Crippen molar-refractivity contribution in [3.05, 3.63) is 59.5 Å². The third kappa shape index (κ3) is 3.44. The largest absolute Gasteiger partial charge is 0.460 e. The minimum Gasteiger partial charge on any atom is -0.460 e. The molecule has 0 spiro atoms. The maximum atomic E-state index is 13.7. The first-order chi connectivity index (χ1) is 15.0. The topological polar surface area (TPSA) is 67.5 Å². The fraction of sp³-hybridized carbons (Fsp3) is 0.440. The van der Waals surface area contributed by atoms with Crippen molar-refractivity contribution in [2.45, 2.75) is 70.6 Å². The number of benzene rings is 1.